The Morgan fingerprint density at radius 3 is 2.70 bits per heavy atom. The van der Waals surface area contributed by atoms with Gasteiger partial charge in [0.05, 0.1) is 5.60 Å². The Labute approximate surface area is 122 Å². The highest BCUT2D eigenvalue weighted by Gasteiger charge is 2.46. The number of urea groups is 1. The van der Waals surface area contributed by atoms with E-state index in [2.05, 4.69) is 0 Å². The lowest BCUT2D eigenvalue weighted by Gasteiger charge is -2.42. The number of piperidine rings is 1. The Bertz CT molecular complexity index is 325. The van der Waals surface area contributed by atoms with Crippen molar-refractivity contribution in [1.82, 2.24) is 9.80 Å². The van der Waals surface area contributed by atoms with Gasteiger partial charge in [0.1, 0.15) is 0 Å². The first-order chi connectivity index (χ1) is 9.59. The second kappa shape index (κ2) is 6.76. The molecule has 0 radical (unpaired) electrons. The van der Waals surface area contributed by atoms with Crippen molar-refractivity contribution >= 4 is 6.03 Å². The summed E-state index contributed by atoms with van der Waals surface area (Å²) < 4.78 is 11.6. The van der Waals surface area contributed by atoms with Gasteiger partial charge in [-0.25, -0.2) is 4.79 Å². The van der Waals surface area contributed by atoms with Gasteiger partial charge in [-0.05, 0) is 38.5 Å². The van der Waals surface area contributed by atoms with Crippen molar-refractivity contribution in [2.24, 2.45) is 5.92 Å². The number of amides is 2. The van der Waals surface area contributed by atoms with Gasteiger partial charge in [-0.1, -0.05) is 0 Å². The van der Waals surface area contributed by atoms with Crippen molar-refractivity contribution in [3.05, 3.63) is 0 Å². The van der Waals surface area contributed by atoms with Gasteiger partial charge in [0.25, 0.3) is 0 Å². The molecular weight excluding hydrogens is 256 g/mol. The van der Waals surface area contributed by atoms with E-state index < -0.39 is 0 Å². The molecule has 1 spiro atoms. The third-order valence-electron chi connectivity index (χ3n) is 4.68. The molecule has 2 saturated heterocycles. The van der Waals surface area contributed by atoms with Crippen molar-refractivity contribution in [2.45, 2.75) is 38.2 Å². The molecular formula is C15H28N2O3. The fourth-order valence-corrected chi connectivity index (χ4v) is 3.47. The maximum Gasteiger partial charge on any atom is 0.319 e. The molecule has 5 nitrogen and oxygen atoms in total. The first-order valence-electron chi connectivity index (χ1n) is 7.77. The van der Waals surface area contributed by atoms with Gasteiger partial charge in [0.15, 0.2) is 0 Å². The standard InChI is InChI=1S/C15H28N2O3/c1-4-19-11-5-13-6-12-20-15(13)7-9-17(10-8-15)14(18)16(2)3/h13H,4-12H2,1-3H3/t13-/m0/s1. The molecule has 2 fully saturated rings. The Hall–Kier alpha value is -0.810. The molecule has 5 heteroatoms. The van der Waals surface area contributed by atoms with Gasteiger partial charge in [0.2, 0.25) is 0 Å². The van der Waals surface area contributed by atoms with E-state index in [1.165, 1.54) is 0 Å². The summed E-state index contributed by atoms with van der Waals surface area (Å²) in [6.07, 6.45) is 4.14. The van der Waals surface area contributed by atoms with E-state index in [0.29, 0.717) is 5.92 Å². The zero-order chi connectivity index (χ0) is 14.6. The molecule has 2 rings (SSSR count). The van der Waals surface area contributed by atoms with Gasteiger partial charge in [-0.2, -0.15) is 0 Å². The Kier molecular flexibility index (Phi) is 5.27. The van der Waals surface area contributed by atoms with Gasteiger partial charge < -0.3 is 19.3 Å². The largest absolute Gasteiger partial charge is 0.382 e. The van der Waals surface area contributed by atoms with Crippen LogP contribution in [0.2, 0.25) is 0 Å². The Morgan fingerprint density at radius 2 is 2.10 bits per heavy atom. The third-order valence-corrected chi connectivity index (χ3v) is 4.68. The summed E-state index contributed by atoms with van der Waals surface area (Å²) in [5.41, 5.74) is 0.000193. The van der Waals surface area contributed by atoms with Gasteiger partial charge in [-0.15, -0.1) is 0 Å². The highest BCUT2D eigenvalue weighted by molar-refractivity contribution is 5.73. The maximum absolute atomic E-state index is 12.0. The number of carbonyl (C=O) groups excluding carboxylic acids is 1. The molecule has 1 atom stereocenters. The zero-order valence-electron chi connectivity index (χ0n) is 13.1. The summed E-state index contributed by atoms with van der Waals surface area (Å²) in [6.45, 7) is 6.12. The summed E-state index contributed by atoms with van der Waals surface area (Å²) in [6, 6.07) is 0.115. The molecule has 20 heavy (non-hydrogen) atoms. The van der Waals surface area contributed by atoms with E-state index in [4.69, 9.17) is 9.47 Å². The number of ether oxygens (including phenoxy) is 2. The zero-order valence-corrected chi connectivity index (χ0v) is 13.1. The predicted molar refractivity (Wildman–Crippen MR) is 77.8 cm³/mol. The summed E-state index contributed by atoms with van der Waals surface area (Å²) in [7, 11) is 3.62. The van der Waals surface area contributed by atoms with Gasteiger partial charge in [0, 0.05) is 47.0 Å². The molecule has 0 aromatic heterocycles. The average molecular weight is 284 g/mol. The van der Waals surface area contributed by atoms with E-state index in [1.807, 2.05) is 25.9 Å². The summed E-state index contributed by atoms with van der Waals surface area (Å²) >= 11 is 0. The predicted octanol–water partition coefficient (Wildman–Crippen LogP) is 1.97. The smallest absolute Gasteiger partial charge is 0.319 e. The molecule has 2 aliphatic rings. The fourth-order valence-electron chi connectivity index (χ4n) is 3.47. The Morgan fingerprint density at radius 1 is 1.40 bits per heavy atom. The molecule has 2 aliphatic heterocycles. The summed E-state index contributed by atoms with van der Waals surface area (Å²) in [5.74, 6) is 0.589. The lowest BCUT2D eigenvalue weighted by molar-refractivity contribution is -0.0664. The number of carbonyl (C=O) groups is 1. The molecule has 0 aromatic carbocycles. The number of rotatable bonds is 4. The van der Waals surface area contributed by atoms with Crippen molar-refractivity contribution in [3.8, 4) is 0 Å². The summed E-state index contributed by atoms with van der Waals surface area (Å²) in [5, 5.41) is 0. The second-order valence-electron chi connectivity index (χ2n) is 6.05. The first-order valence-corrected chi connectivity index (χ1v) is 7.77. The molecule has 116 valence electrons. The van der Waals surface area contributed by atoms with Crippen LogP contribution in [-0.4, -0.2) is 68.4 Å². The Balaban J connectivity index is 1.88. The first kappa shape index (κ1) is 15.6. The van der Waals surface area contributed by atoms with Crippen molar-refractivity contribution in [2.75, 3.05) is 47.0 Å². The summed E-state index contributed by atoms with van der Waals surface area (Å²) in [4.78, 5) is 15.6. The number of likely N-dealkylation sites (tertiary alicyclic amines) is 1. The van der Waals surface area contributed by atoms with Crippen molar-refractivity contribution in [3.63, 3.8) is 0 Å². The van der Waals surface area contributed by atoms with Crippen LogP contribution in [0.3, 0.4) is 0 Å². The van der Waals surface area contributed by atoms with E-state index in [-0.39, 0.29) is 11.6 Å². The highest BCUT2D eigenvalue weighted by atomic mass is 16.5. The highest BCUT2D eigenvalue weighted by Crippen LogP contribution is 2.42. The number of nitrogens with zero attached hydrogens (tertiary/aromatic N) is 2. The van der Waals surface area contributed by atoms with Gasteiger partial charge in [-0.3, -0.25) is 0 Å². The SMILES string of the molecule is CCOCC[C@H]1CCOC12CCN(C(=O)N(C)C)CC2. The molecule has 2 heterocycles. The van der Waals surface area contributed by atoms with Crippen LogP contribution in [0.4, 0.5) is 4.79 Å². The molecule has 0 unspecified atom stereocenters. The van der Waals surface area contributed by atoms with Crippen LogP contribution in [0, 0.1) is 5.92 Å². The van der Waals surface area contributed by atoms with Crippen LogP contribution < -0.4 is 0 Å². The maximum atomic E-state index is 12.0. The van der Waals surface area contributed by atoms with Gasteiger partial charge >= 0.3 is 6.03 Å². The minimum atomic E-state index is 0.000193. The second-order valence-corrected chi connectivity index (χ2v) is 6.05. The van der Waals surface area contributed by atoms with E-state index in [0.717, 1.165) is 58.6 Å². The van der Waals surface area contributed by atoms with E-state index in [9.17, 15) is 4.79 Å². The molecule has 0 aromatic rings. The minimum Gasteiger partial charge on any atom is -0.382 e. The lowest BCUT2D eigenvalue weighted by atomic mass is 9.78. The van der Waals surface area contributed by atoms with Crippen LogP contribution in [0.5, 0.6) is 0 Å². The van der Waals surface area contributed by atoms with E-state index >= 15 is 0 Å². The quantitative estimate of drug-likeness (QED) is 0.741. The van der Waals surface area contributed by atoms with E-state index in [1.54, 1.807) is 4.90 Å². The van der Waals surface area contributed by atoms with Crippen LogP contribution in [0.1, 0.15) is 32.6 Å². The molecule has 0 saturated carbocycles. The molecule has 0 bridgehead atoms. The normalized spacial score (nSPS) is 25.1. The average Bonchev–Trinajstić information content (AvgIpc) is 2.82. The minimum absolute atomic E-state index is 0.000193. The molecule has 0 aliphatic carbocycles. The van der Waals surface area contributed by atoms with Crippen LogP contribution >= 0.6 is 0 Å². The topological polar surface area (TPSA) is 42.0 Å². The monoisotopic (exact) mass is 284 g/mol. The number of hydrogen-bond donors (Lipinski definition) is 0. The van der Waals surface area contributed by atoms with Crippen molar-refractivity contribution in [1.29, 1.82) is 0 Å². The molecule has 0 N–H and O–H groups in total. The van der Waals surface area contributed by atoms with Crippen LogP contribution in [-0.2, 0) is 9.47 Å². The van der Waals surface area contributed by atoms with Crippen molar-refractivity contribution < 1.29 is 14.3 Å². The van der Waals surface area contributed by atoms with Crippen LogP contribution in [0.25, 0.3) is 0 Å². The lowest BCUT2D eigenvalue weighted by Crippen LogP contribution is -2.51. The fraction of sp³-hybridized carbons (Fsp3) is 0.933. The van der Waals surface area contributed by atoms with Crippen LogP contribution in [0.15, 0.2) is 0 Å². The molecule has 2 amide bonds. The third kappa shape index (κ3) is 3.26. The number of hydrogen-bond acceptors (Lipinski definition) is 3.